The average molecular weight is 242 g/mol. The monoisotopic (exact) mass is 242 g/mol. The Labute approximate surface area is 73.6 Å². The topological polar surface area (TPSA) is 38.0 Å². The fourth-order valence-corrected chi connectivity index (χ4v) is 1.12. The SMILES string of the molecule is I.NCC1CCNCC1. The van der Waals surface area contributed by atoms with Crippen LogP contribution < -0.4 is 11.1 Å². The van der Waals surface area contributed by atoms with E-state index in [9.17, 15) is 0 Å². The van der Waals surface area contributed by atoms with Crippen LogP contribution in [0.5, 0.6) is 0 Å². The van der Waals surface area contributed by atoms with Gasteiger partial charge in [0.1, 0.15) is 0 Å². The summed E-state index contributed by atoms with van der Waals surface area (Å²) in [6.07, 6.45) is 2.55. The van der Waals surface area contributed by atoms with Gasteiger partial charge in [-0.15, -0.1) is 24.0 Å². The summed E-state index contributed by atoms with van der Waals surface area (Å²) >= 11 is 0. The molecule has 0 unspecified atom stereocenters. The van der Waals surface area contributed by atoms with Gasteiger partial charge < -0.3 is 11.1 Å². The number of nitrogens with one attached hydrogen (secondary N) is 1. The summed E-state index contributed by atoms with van der Waals surface area (Å²) < 4.78 is 0. The number of hydrogen-bond donors (Lipinski definition) is 2. The Balaban J connectivity index is 0.000000640. The number of nitrogens with two attached hydrogens (primary N) is 1. The van der Waals surface area contributed by atoms with Crippen LogP contribution in [0.25, 0.3) is 0 Å². The Morgan fingerprint density at radius 3 is 2.22 bits per heavy atom. The predicted octanol–water partition coefficient (Wildman–Crippen LogP) is 0.563. The molecule has 1 fully saturated rings. The van der Waals surface area contributed by atoms with E-state index in [-0.39, 0.29) is 24.0 Å². The summed E-state index contributed by atoms with van der Waals surface area (Å²) in [5, 5.41) is 3.29. The first-order valence-corrected chi connectivity index (χ1v) is 3.34. The lowest BCUT2D eigenvalue weighted by atomic mass is 9.99. The number of hydrogen-bond acceptors (Lipinski definition) is 2. The van der Waals surface area contributed by atoms with Crippen LogP contribution >= 0.6 is 24.0 Å². The second-order valence-electron chi connectivity index (χ2n) is 2.43. The minimum atomic E-state index is 0. The van der Waals surface area contributed by atoms with Crippen molar-refractivity contribution in [2.24, 2.45) is 11.7 Å². The zero-order valence-corrected chi connectivity index (χ0v) is 7.93. The molecule has 3 heteroatoms. The minimum absolute atomic E-state index is 0. The van der Waals surface area contributed by atoms with E-state index in [4.69, 9.17) is 5.73 Å². The standard InChI is InChI=1S/C6H14N2.HI/c7-5-6-1-3-8-4-2-6;/h6,8H,1-5,7H2;1H. The fourth-order valence-electron chi connectivity index (χ4n) is 1.12. The Kier molecular flexibility index (Phi) is 5.83. The summed E-state index contributed by atoms with van der Waals surface area (Å²) in [7, 11) is 0. The third-order valence-corrected chi connectivity index (χ3v) is 1.79. The zero-order chi connectivity index (χ0) is 5.82. The van der Waals surface area contributed by atoms with Crippen LogP contribution in [-0.4, -0.2) is 19.6 Å². The van der Waals surface area contributed by atoms with Gasteiger partial charge in [-0.25, -0.2) is 0 Å². The third kappa shape index (κ3) is 3.37. The lowest BCUT2D eigenvalue weighted by Gasteiger charge is -2.20. The second kappa shape index (κ2) is 5.44. The van der Waals surface area contributed by atoms with Crippen LogP contribution in [0.15, 0.2) is 0 Å². The van der Waals surface area contributed by atoms with Crippen LogP contribution in [-0.2, 0) is 0 Å². The Bertz CT molecular complexity index is 62.1. The maximum Gasteiger partial charge on any atom is -0.00458 e. The Hall–Kier alpha value is 0.650. The molecule has 2 nitrogen and oxygen atoms in total. The average Bonchev–Trinajstić information content (AvgIpc) is 1.90. The molecule has 0 spiro atoms. The van der Waals surface area contributed by atoms with Gasteiger partial charge in [-0.05, 0) is 38.4 Å². The van der Waals surface area contributed by atoms with E-state index in [0.29, 0.717) is 0 Å². The first kappa shape index (κ1) is 9.65. The van der Waals surface area contributed by atoms with E-state index in [1.54, 1.807) is 0 Å². The fraction of sp³-hybridized carbons (Fsp3) is 1.00. The van der Waals surface area contributed by atoms with Crippen molar-refractivity contribution in [1.82, 2.24) is 5.32 Å². The second-order valence-corrected chi connectivity index (χ2v) is 2.43. The molecule has 0 aliphatic carbocycles. The molecule has 0 aromatic carbocycles. The predicted molar refractivity (Wildman–Crippen MR) is 50.1 cm³/mol. The van der Waals surface area contributed by atoms with Gasteiger partial charge in [-0.3, -0.25) is 0 Å². The molecule has 0 aromatic rings. The zero-order valence-electron chi connectivity index (χ0n) is 5.60. The molecule has 0 aromatic heterocycles. The molecule has 0 saturated carbocycles. The van der Waals surface area contributed by atoms with Crippen molar-refractivity contribution >= 4 is 24.0 Å². The first-order chi connectivity index (χ1) is 3.93. The van der Waals surface area contributed by atoms with Crippen LogP contribution in [0, 0.1) is 5.92 Å². The van der Waals surface area contributed by atoms with Crippen molar-refractivity contribution in [2.75, 3.05) is 19.6 Å². The van der Waals surface area contributed by atoms with Gasteiger partial charge in [0, 0.05) is 0 Å². The molecule has 1 heterocycles. The number of halogens is 1. The van der Waals surface area contributed by atoms with Gasteiger partial charge in [0.05, 0.1) is 0 Å². The smallest absolute Gasteiger partial charge is 0.00458 e. The van der Waals surface area contributed by atoms with Gasteiger partial charge in [0.25, 0.3) is 0 Å². The summed E-state index contributed by atoms with van der Waals surface area (Å²) in [6.45, 7) is 3.21. The van der Waals surface area contributed by atoms with Crippen LogP contribution in [0.1, 0.15) is 12.8 Å². The van der Waals surface area contributed by atoms with Crippen LogP contribution in [0.2, 0.25) is 0 Å². The highest BCUT2D eigenvalue weighted by atomic mass is 127. The molecule has 1 rings (SSSR count). The Morgan fingerprint density at radius 2 is 1.89 bits per heavy atom. The van der Waals surface area contributed by atoms with E-state index in [1.165, 1.54) is 25.9 Å². The largest absolute Gasteiger partial charge is 0.330 e. The van der Waals surface area contributed by atoms with Gasteiger partial charge in [0.2, 0.25) is 0 Å². The quantitative estimate of drug-likeness (QED) is 0.659. The van der Waals surface area contributed by atoms with E-state index in [1.807, 2.05) is 0 Å². The van der Waals surface area contributed by atoms with Gasteiger partial charge >= 0.3 is 0 Å². The first-order valence-electron chi connectivity index (χ1n) is 3.34. The van der Waals surface area contributed by atoms with Crippen molar-refractivity contribution in [1.29, 1.82) is 0 Å². The summed E-state index contributed by atoms with van der Waals surface area (Å²) in [4.78, 5) is 0. The van der Waals surface area contributed by atoms with Gasteiger partial charge in [-0.1, -0.05) is 0 Å². The minimum Gasteiger partial charge on any atom is -0.330 e. The molecule has 1 aliphatic rings. The molecule has 0 amide bonds. The highest BCUT2D eigenvalue weighted by Gasteiger charge is 2.09. The molecule has 0 atom stereocenters. The molecule has 0 bridgehead atoms. The van der Waals surface area contributed by atoms with Crippen molar-refractivity contribution < 1.29 is 0 Å². The molecule has 1 aliphatic heterocycles. The highest BCUT2D eigenvalue weighted by molar-refractivity contribution is 14.0. The lowest BCUT2D eigenvalue weighted by molar-refractivity contribution is 0.382. The van der Waals surface area contributed by atoms with Crippen molar-refractivity contribution in [2.45, 2.75) is 12.8 Å². The maximum atomic E-state index is 5.48. The van der Waals surface area contributed by atoms with Crippen LogP contribution in [0.4, 0.5) is 0 Å². The third-order valence-electron chi connectivity index (χ3n) is 1.79. The van der Waals surface area contributed by atoms with Crippen LogP contribution in [0.3, 0.4) is 0 Å². The molecule has 1 saturated heterocycles. The summed E-state index contributed by atoms with van der Waals surface area (Å²) in [5.41, 5.74) is 5.48. The van der Waals surface area contributed by atoms with Crippen molar-refractivity contribution in [3.63, 3.8) is 0 Å². The summed E-state index contributed by atoms with van der Waals surface area (Å²) in [5.74, 6) is 0.802. The molecular weight excluding hydrogens is 227 g/mol. The molecule has 0 radical (unpaired) electrons. The molecule has 3 N–H and O–H groups in total. The van der Waals surface area contributed by atoms with Crippen molar-refractivity contribution in [3.8, 4) is 0 Å². The molecule has 9 heavy (non-hydrogen) atoms. The number of rotatable bonds is 1. The van der Waals surface area contributed by atoms with Crippen molar-refractivity contribution in [3.05, 3.63) is 0 Å². The van der Waals surface area contributed by atoms with Gasteiger partial charge in [-0.2, -0.15) is 0 Å². The number of piperidine rings is 1. The van der Waals surface area contributed by atoms with Gasteiger partial charge in [0.15, 0.2) is 0 Å². The summed E-state index contributed by atoms with van der Waals surface area (Å²) in [6, 6.07) is 0. The van der Waals surface area contributed by atoms with E-state index >= 15 is 0 Å². The van der Waals surface area contributed by atoms with E-state index in [0.717, 1.165) is 12.5 Å². The van der Waals surface area contributed by atoms with E-state index in [2.05, 4.69) is 5.32 Å². The lowest BCUT2D eigenvalue weighted by Crippen LogP contribution is -2.31. The Morgan fingerprint density at radius 1 is 1.33 bits per heavy atom. The maximum absolute atomic E-state index is 5.48. The molecule has 56 valence electrons. The normalized spacial score (nSPS) is 21.0. The molecular formula is C6H15IN2. The highest BCUT2D eigenvalue weighted by Crippen LogP contribution is 2.07. The van der Waals surface area contributed by atoms with E-state index < -0.39 is 0 Å².